The predicted octanol–water partition coefficient (Wildman–Crippen LogP) is -0.475. The second-order valence-corrected chi connectivity index (χ2v) is 1.71. The Labute approximate surface area is 52.7 Å². The maximum Gasteiger partial charge on any atom is 0.215 e. The number of nitrogens with zero attached hydrogens (tertiary/aromatic N) is 3. The summed E-state index contributed by atoms with van der Waals surface area (Å²) in [6.07, 6.45) is 1.52. The van der Waals surface area contributed by atoms with Crippen molar-refractivity contribution in [1.82, 2.24) is 0 Å². The minimum absolute atomic E-state index is 0.183. The third-order valence-corrected chi connectivity index (χ3v) is 1.00. The number of nitrogens with two attached hydrogens (primary N) is 1. The van der Waals surface area contributed by atoms with Crippen LogP contribution in [-0.2, 0) is 0 Å². The Hall–Kier alpha value is -1.37. The molecule has 46 valence electrons. The minimum Gasteiger partial charge on any atom is -0.368 e. The molecule has 0 saturated carbocycles. The van der Waals surface area contributed by atoms with Gasteiger partial charge >= 0.3 is 0 Å². The van der Waals surface area contributed by atoms with Crippen LogP contribution in [0.4, 0.5) is 0 Å². The highest BCUT2D eigenvalue weighted by Crippen LogP contribution is 1.95. The van der Waals surface area contributed by atoms with Gasteiger partial charge in [-0.3, -0.25) is 0 Å². The van der Waals surface area contributed by atoms with Crippen LogP contribution in [-0.4, -0.2) is 18.7 Å². The molecule has 2 N–H and O–H groups in total. The molecular formula is C5H6N4. The van der Waals surface area contributed by atoms with Gasteiger partial charge in [-0.25, -0.2) is 9.98 Å². The van der Waals surface area contributed by atoms with Crippen LogP contribution < -0.4 is 5.73 Å². The predicted molar refractivity (Wildman–Crippen MR) is 34.1 cm³/mol. The Morgan fingerprint density at radius 1 is 1.89 bits per heavy atom. The zero-order chi connectivity index (χ0) is 6.69. The Balaban J connectivity index is 2.61. The molecule has 1 unspecified atom stereocenters. The molecule has 1 atom stereocenters. The van der Waals surface area contributed by atoms with Crippen molar-refractivity contribution in [3.63, 3.8) is 0 Å². The second-order valence-electron chi connectivity index (χ2n) is 1.71. The lowest BCUT2D eigenvalue weighted by Gasteiger charge is -2.02. The van der Waals surface area contributed by atoms with Gasteiger partial charge in [-0.1, -0.05) is 0 Å². The third kappa shape index (κ3) is 1.26. The summed E-state index contributed by atoms with van der Waals surface area (Å²) < 4.78 is 0. The fraction of sp³-hybridized carbons (Fsp3) is 0.400. The van der Waals surface area contributed by atoms with E-state index in [0.717, 1.165) is 0 Å². The van der Waals surface area contributed by atoms with E-state index in [9.17, 15) is 0 Å². The molecule has 0 radical (unpaired) electrons. The quantitative estimate of drug-likeness (QED) is 0.471. The van der Waals surface area contributed by atoms with E-state index in [0.29, 0.717) is 6.54 Å². The van der Waals surface area contributed by atoms with E-state index in [1.807, 2.05) is 6.07 Å². The molecule has 0 aromatic rings. The highest BCUT2D eigenvalue weighted by atomic mass is 15.0. The molecule has 4 nitrogen and oxygen atoms in total. The first kappa shape index (κ1) is 5.76. The van der Waals surface area contributed by atoms with Crippen molar-refractivity contribution in [3.8, 4) is 6.07 Å². The minimum atomic E-state index is -0.183. The molecule has 1 aliphatic rings. The van der Waals surface area contributed by atoms with Crippen LogP contribution in [0.25, 0.3) is 0 Å². The van der Waals surface area contributed by atoms with Gasteiger partial charge in [0.2, 0.25) is 5.96 Å². The highest BCUT2D eigenvalue weighted by Gasteiger charge is 2.06. The summed E-state index contributed by atoms with van der Waals surface area (Å²) >= 11 is 0. The van der Waals surface area contributed by atoms with Crippen molar-refractivity contribution in [3.05, 3.63) is 0 Å². The van der Waals surface area contributed by atoms with Crippen molar-refractivity contribution in [2.45, 2.75) is 0 Å². The van der Waals surface area contributed by atoms with Gasteiger partial charge in [0, 0.05) is 6.21 Å². The monoisotopic (exact) mass is 122 g/mol. The summed E-state index contributed by atoms with van der Waals surface area (Å²) in [5.41, 5.74) is 5.19. The normalized spacial score (nSPS) is 24.8. The van der Waals surface area contributed by atoms with Crippen molar-refractivity contribution in [2.24, 2.45) is 21.6 Å². The summed E-state index contributed by atoms with van der Waals surface area (Å²) in [4.78, 5) is 7.42. The molecule has 9 heavy (non-hydrogen) atoms. The van der Waals surface area contributed by atoms with Gasteiger partial charge in [-0.15, -0.1) is 0 Å². The average molecular weight is 122 g/mol. The Kier molecular flexibility index (Phi) is 1.45. The van der Waals surface area contributed by atoms with Gasteiger partial charge in [0.15, 0.2) is 0 Å². The standard InChI is InChI=1S/C5H6N4/c6-1-4-2-8-5(7)9-3-4/h2,4H,3H2,(H2,7,9). The third-order valence-electron chi connectivity index (χ3n) is 1.00. The average Bonchev–Trinajstić information content (AvgIpc) is 1.90. The topological polar surface area (TPSA) is 74.5 Å². The van der Waals surface area contributed by atoms with Crippen molar-refractivity contribution >= 4 is 12.2 Å². The molecule has 0 aromatic carbocycles. The molecule has 0 saturated heterocycles. The molecule has 1 aliphatic heterocycles. The fourth-order valence-corrected chi connectivity index (χ4v) is 0.520. The van der Waals surface area contributed by atoms with E-state index < -0.39 is 0 Å². The van der Waals surface area contributed by atoms with E-state index in [4.69, 9.17) is 11.0 Å². The molecule has 0 amide bonds. The van der Waals surface area contributed by atoms with Gasteiger partial charge in [0.1, 0.15) is 5.92 Å². The van der Waals surface area contributed by atoms with Crippen LogP contribution in [0.3, 0.4) is 0 Å². The largest absolute Gasteiger partial charge is 0.368 e. The number of guanidine groups is 1. The van der Waals surface area contributed by atoms with Gasteiger partial charge in [-0.2, -0.15) is 5.26 Å². The first-order valence-electron chi connectivity index (χ1n) is 2.56. The van der Waals surface area contributed by atoms with Gasteiger partial charge < -0.3 is 5.73 Å². The second kappa shape index (κ2) is 2.27. The molecule has 1 rings (SSSR count). The maximum absolute atomic E-state index is 8.33. The Bertz CT molecular complexity index is 197. The number of aliphatic imine (C=N–C) groups is 2. The molecule has 0 aromatic heterocycles. The number of hydrogen-bond donors (Lipinski definition) is 1. The summed E-state index contributed by atoms with van der Waals surface area (Å²) in [6.45, 7) is 0.450. The summed E-state index contributed by atoms with van der Waals surface area (Å²) in [6, 6.07) is 2.01. The molecule has 0 bridgehead atoms. The van der Waals surface area contributed by atoms with Crippen LogP contribution >= 0.6 is 0 Å². The van der Waals surface area contributed by atoms with E-state index in [1.54, 1.807) is 0 Å². The van der Waals surface area contributed by atoms with E-state index in [1.165, 1.54) is 6.21 Å². The SMILES string of the molecule is N#CC1C=NC(N)=NC1. The van der Waals surface area contributed by atoms with Crippen molar-refractivity contribution in [1.29, 1.82) is 5.26 Å². The maximum atomic E-state index is 8.33. The number of hydrogen-bond acceptors (Lipinski definition) is 4. The zero-order valence-corrected chi connectivity index (χ0v) is 4.78. The molecule has 0 aliphatic carbocycles. The summed E-state index contributed by atoms with van der Waals surface area (Å²) in [5, 5.41) is 8.33. The Morgan fingerprint density at radius 2 is 2.67 bits per heavy atom. The van der Waals surface area contributed by atoms with Crippen LogP contribution in [0.1, 0.15) is 0 Å². The van der Waals surface area contributed by atoms with Gasteiger partial charge in [0.05, 0.1) is 12.6 Å². The van der Waals surface area contributed by atoms with E-state index in [-0.39, 0.29) is 11.9 Å². The lowest BCUT2D eigenvalue weighted by atomic mass is 10.2. The van der Waals surface area contributed by atoms with Gasteiger partial charge in [-0.05, 0) is 0 Å². The zero-order valence-electron chi connectivity index (χ0n) is 4.78. The van der Waals surface area contributed by atoms with E-state index >= 15 is 0 Å². The molecular weight excluding hydrogens is 116 g/mol. The lowest BCUT2D eigenvalue weighted by Crippen LogP contribution is -2.18. The van der Waals surface area contributed by atoms with Crippen LogP contribution in [0.5, 0.6) is 0 Å². The van der Waals surface area contributed by atoms with Crippen molar-refractivity contribution < 1.29 is 0 Å². The smallest absolute Gasteiger partial charge is 0.215 e. The van der Waals surface area contributed by atoms with Crippen molar-refractivity contribution in [2.75, 3.05) is 6.54 Å². The molecule has 1 heterocycles. The highest BCUT2D eigenvalue weighted by molar-refractivity contribution is 5.89. The van der Waals surface area contributed by atoms with Crippen LogP contribution in [0.15, 0.2) is 9.98 Å². The number of rotatable bonds is 0. The fourth-order valence-electron chi connectivity index (χ4n) is 0.520. The first-order chi connectivity index (χ1) is 4.33. The molecule has 0 fully saturated rings. The first-order valence-corrected chi connectivity index (χ1v) is 2.56. The molecule has 4 heteroatoms. The summed E-state index contributed by atoms with van der Waals surface area (Å²) in [7, 11) is 0. The lowest BCUT2D eigenvalue weighted by molar-refractivity contribution is 0.875. The van der Waals surface area contributed by atoms with E-state index in [2.05, 4.69) is 9.98 Å². The number of nitriles is 1. The Morgan fingerprint density at radius 3 is 3.11 bits per heavy atom. The molecule has 0 spiro atoms. The summed E-state index contributed by atoms with van der Waals surface area (Å²) in [5.74, 6) is 0.0822. The van der Waals surface area contributed by atoms with Crippen LogP contribution in [0.2, 0.25) is 0 Å². The van der Waals surface area contributed by atoms with Gasteiger partial charge in [0.25, 0.3) is 0 Å². The van der Waals surface area contributed by atoms with Crippen LogP contribution in [0, 0.1) is 17.2 Å².